The van der Waals surface area contributed by atoms with Crippen LogP contribution in [0.3, 0.4) is 0 Å². The minimum Gasteiger partial charge on any atom is -0.330 e. The fraction of sp³-hybridized carbons (Fsp3) is 0.364. The molecule has 0 spiro atoms. The third-order valence-corrected chi connectivity index (χ3v) is 6.60. The minimum atomic E-state index is -0.908. The first-order valence-corrected chi connectivity index (χ1v) is 10.7. The molecule has 0 saturated heterocycles. The van der Waals surface area contributed by atoms with Gasteiger partial charge in [-0.1, -0.05) is 42.1 Å². The van der Waals surface area contributed by atoms with Gasteiger partial charge in [-0.3, -0.25) is 0 Å². The van der Waals surface area contributed by atoms with Crippen LogP contribution in [0, 0.1) is 11.6 Å². The molecule has 3 rings (SSSR count). The quantitative estimate of drug-likeness (QED) is 0.718. The Hall–Kier alpha value is -2.45. The highest BCUT2D eigenvalue weighted by atomic mass is 32.2. The molecule has 0 radical (unpaired) electrons. The summed E-state index contributed by atoms with van der Waals surface area (Å²) in [6, 6.07) is 12.4. The summed E-state index contributed by atoms with van der Waals surface area (Å²) in [5.41, 5.74) is 6.68. The van der Waals surface area contributed by atoms with Crippen LogP contribution in [0.15, 0.2) is 53.6 Å². The van der Waals surface area contributed by atoms with Gasteiger partial charge in [0.05, 0.1) is 0 Å². The van der Waals surface area contributed by atoms with Crippen LogP contribution < -0.4 is 5.73 Å². The van der Waals surface area contributed by atoms with Gasteiger partial charge >= 0.3 is 6.03 Å². The second-order valence-electron chi connectivity index (χ2n) is 7.47. The molecule has 8 heteroatoms. The van der Waals surface area contributed by atoms with Crippen LogP contribution in [0.25, 0.3) is 0 Å². The zero-order chi connectivity index (χ0) is 21.9. The maximum absolute atomic E-state index is 14.5. The zero-order valence-corrected chi connectivity index (χ0v) is 18.1. The predicted octanol–water partition coefficient (Wildman–Crippen LogP) is 4.73. The number of carbonyl (C=O) groups is 1. The molecular formula is C22H26F2N4OS. The van der Waals surface area contributed by atoms with E-state index in [1.54, 1.807) is 11.9 Å². The molecular weight excluding hydrogens is 406 g/mol. The first-order valence-electron chi connectivity index (χ1n) is 9.86. The van der Waals surface area contributed by atoms with Crippen molar-refractivity contribution in [2.24, 2.45) is 10.8 Å². The Morgan fingerprint density at radius 3 is 2.57 bits per heavy atom. The van der Waals surface area contributed by atoms with Crippen molar-refractivity contribution < 1.29 is 13.6 Å². The Kier molecular flexibility index (Phi) is 6.77. The van der Waals surface area contributed by atoms with Gasteiger partial charge in [-0.05, 0) is 57.0 Å². The maximum Gasteiger partial charge on any atom is 0.342 e. The Bertz CT molecular complexity index is 938. The molecule has 1 aliphatic heterocycles. The molecule has 1 atom stereocenters. The number of urea groups is 1. The lowest BCUT2D eigenvalue weighted by Crippen LogP contribution is -2.49. The third kappa shape index (κ3) is 4.20. The Labute approximate surface area is 179 Å². The Morgan fingerprint density at radius 1 is 1.23 bits per heavy atom. The van der Waals surface area contributed by atoms with Crippen LogP contribution in [0.2, 0.25) is 0 Å². The van der Waals surface area contributed by atoms with Crippen molar-refractivity contribution in [1.29, 1.82) is 0 Å². The molecule has 0 saturated carbocycles. The van der Waals surface area contributed by atoms with Crippen molar-refractivity contribution in [2.75, 3.05) is 13.6 Å². The second kappa shape index (κ2) is 9.14. The molecule has 160 valence electrons. The van der Waals surface area contributed by atoms with Crippen molar-refractivity contribution in [3.8, 4) is 0 Å². The first kappa shape index (κ1) is 22.2. The topological polar surface area (TPSA) is 61.9 Å². The average Bonchev–Trinajstić information content (AvgIpc) is 3.14. The van der Waals surface area contributed by atoms with Crippen LogP contribution in [-0.2, 0) is 4.87 Å². The summed E-state index contributed by atoms with van der Waals surface area (Å²) in [6.45, 7) is 4.24. The lowest BCUT2D eigenvalue weighted by atomic mass is 10.0. The maximum atomic E-state index is 14.5. The lowest BCUT2D eigenvalue weighted by Gasteiger charge is -2.38. The van der Waals surface area contributed by atoms with E-state index >= 15 is 0 Å². The van der Waals surface area contributed by atoms with Crippen molar-refractivity contribution >= 4 is 22.8 Å². The van der Waals surface area contributed by atoms with Crippen molar-refractivity contribution in [3.63, 3.8) is 0 Å². The molecule has 1 heterocycles. The van der Waals surface area contributed by atoms with E-state index in [-0.39, 0.29) is 22.7 Å². The standard InChI is InChI=1S/C22H26F2N4OS/c1-15(2)27(3)21(29)28-22(12-7-13-25,16-8-5-4-6-9-16)30-20(26-28)18-14-17(23)10-11-19(18)24/h4-6,8-11,14-15H,7,12-13,25H2,1-3H3. The molecule has 5 nitrogen and oxygen atoms in total. The van der Waals surface area contributed by atoms with Crippen LogP contribution in [0.4, 0.5) is 13.6 Å². The van der Waals surface area contributed by atoms with Gasteiger partial charge in [0.25, 0.3) is 0 Å². The minimum absolute atomic E-state index is 0.0376. The number of hydrogen-bond acceptors (Lipinski definition) is 4. The molecule has 0 aromatic heterocycles. The third-order valence-electron chi connectivity index (χ3n) is 5.16. The first-order chi connectivity index (χ1) is 14.3. The van der Waals surface area contributed by atoms with E-state index in [1.165, 1.54) is 16.8 Å². The highest BCUT2D eigenvalue weighted by Gasteiger charge is 2.49. The van der Waals surface area contributed by atoms with Gasteiger partial charge in [0.15, 0.2) is 0 Å². The van der Waals surface area contributed by atoms with E-state index in [0.29, 0.717) is 19.4 Å². The zero-order valence-electron chi connectivity index (χ0n) is 17.3. The molecule has 2 N–H and O–H groups in total. The molecule has 0 aliphatic carbocycles. The van der Waals surface area contributed by atoms with Gasteiger partial charge in [-0.25, -0.2) is 13.6 Å². The number of halogens is 2. The molecule has 0 bridgehead atoms. The fourth-order valence-electron chi connectivity index (χ4n) is 3.26. The monoisotopic (exact) mass is 432 g/mol. The van der Waals surface area contributed by atoms with Gasteiger partial charge in [0.2, 0.25) is 0 Å². The number of carbonyl (C=O) groups excluding carboxylic acids is 1. The lowest BCUT2D eigenvalue weighted by molar-refractivity contribution is 0.122. The van der Waals surface area contributed by atoms with Crippen LogP contribution in [0.5, 0.6) is 0 Å². The summed E-state index contributed by atoms with van der Waals surface area (Å²) in [5.74, 6) is -1.15. The highest BCUT2D eigenvalue weighted by Crippen LogP contribution is 2.51. The highest BCUT2D eigenvalue weighted by molar-refractivity contribution is 8.15. The van der Waals surface area contributed by atoms with E-state index in [2.05, 4.69) is 5.10 Å². The van der Waals surface area contributed by atoms with E-state index in [4.69, 9.17) is 5.73 Å². The molecule has 2 amide bonds. The summed E-state index contributed by atoms with van der Waals surface area (Å²) in [6.07, 6.45) is 1.14. The number of hydrogen-bond donors (Lipinski definition) is 1. The summed E-state index contributed by atoms with van der Waals surface area (Å²) < 4.78 is 28.4. The Balaban J connectivity index is 2.16. The Morgan fingerprint density at radius 2 is 1.93 bits per heavy atom. The smallest absolute Gasteiger partial charge is 0.330 e. The molecule has 30 heavy (non-hydrogen) atoms. The number of hydrazone groups is 1. The molecule has 0 fully saturated rings. The number of amides is 2. The summed E-state index contributed by atoms with van der Waals surface area (Å²) >= 11 is 1.26. The number of thioether (sulfide) groups is 1. The van der Waals surface area contributed by atoms with Gasteiger partial charge < -0.3 is 10.6 Å². The number of benzene rings is 2. The van der Waals surface area contributed by atoms with E-state index in [9.17, 15) is 13.6 Å². The predicted molar refractivity (Wildman–Crippen MR) is 117 cm³/mol. The molecule has 1 aliphatic rings. The second-order valence-corrected chi connectivity index (χ2v) is 8.74. The number of nitrogens with zero attached hydrogens (tertiary/aromatic N) is 3. The SMILES string of the molecule is CC(C)N(C)C(=O)N1N=C(c2cc(F)ccc2F)SC1(CCCN)c1ccccc1. The average molecular weight is 433 g/mol. The number of rotatable bonds is 6. The summed E-state index contributed by atoms with van der Waals surface area (Å²) in [4.78, 5) is 14.1. The van der Waals surface area contributed by atoms with E-state index in [0.717, 1.165) is 23.8 Å². The van der Waals surface area contributed by atoms with Gasteiger partial charge in [0, 0.05) is 18.7 Å². The van der Waals surface area contributed by atoms with E-state index in [1.807, 2.05) is 44.2 Å². The van der Waals surface area contributed by atoms with Crippen molar-refractivity contribution in [3.05, 3.63) is 71.3 Å². The largest absolute Gasteiger partial charge is 0.342 e. The summed E-state index contributed by atoms with van der Waals surface area (Å²) in [5, 5.41) is 6.19. The van der Waals surface area contributed by atoms with E-state index < -0.39 is 16.5 Å². The van der Waals surface area contributed by atoms with Crippen LogP contribution >= 0.6 is 11.8 Å². The normalized spacial score (nSPS) is 18.6. The fourth-order valence-corrected chi connectivity index (χ4v) is 4.67. The molecule has 1 unspecified atom stereocenters. The molecule has 2 aromatic carbocycles. The van der Waals surface area contributed by atoms with Crippen molar-refractivity contribution in [2.45, 2.75) is 37.6 Å². The van der Waals surface area contributed by atoms with Crippen molar-refractivity contribution in [1.82, 2.24) is 9.91 Å². The number of nitrogens with two attached hydrogens (primary N) is 1. The van der Waals surface area contributed by atoms with Gasteiger partial charge in [-0.2, -0.15) is 10.1 Å². The van der Waals surface area contributed by atoms with Gasteiger partial charge in [-0.15, -0.1) is 0 Å². The van der Waals surface area contributed by atoms with Crippen LogP contribution in [-0.4, -0.2) is 40.6 Å². The summed E-state index contributed by atoms with van der Waals surface area (Å²) in [7, 11) is 1.70. The van der Waals surface area contributed by atoms with Crippen LogP contribution in [0.1, 0.15) is 37.8 Å². The van der Waals surface area contributed by atoms with Gasteiger partial charge in [0.1, 0.15) is 21.5 Å². The molecule has 2 aromatic rings.